The molecule has 0 saturated carbocycles. The molecule has 2 amide bonds. The van der Waals surface area contributed by atoms with Gasteiger partial charge in [0, 0.05) is 49.8 Å². The summed E-state index contributed by atoms with van der Waals surface area (Å²) in [5, 5.41) is 12.6. The first-order valence-corrected chi connectivity index (χ1v) is 10.9. The quantitative estimate of drug-likeness (QED) is 0.662. The van der Waals surface area contributed by atoms with Crippen LogP contribution >= 0.6 is 0 Å². The molecule has 8 heteroatoms. The van der Waals surface area contributed by atoms with E-state index in [2.05, 4.69) is 27.3 Å². The van der Waals surface area contributed by atoms with Gasteiger partial charge in [-0.3, -0.25) is 14.6 Å². The zero-order valence-corrected chi connectivity index (χ0v) is 17.8. The Morgan fingerprint density at radius 3 is 2.44 bits per heavy atom. The monoisotopic (exact) mass is 436 g/mol. The Labute approximate surface area is 187 Å². The Hall–Kier alpha value is -3.23. The van der Waals surface area contributed by atoms with Crippen LogP contribution in [0.5, 0.6) is 0 Å². The molecule has 3 heterocycles. The number of nitrogens with zero attached hydrogens (tertiary/aromatic N) is 3. The van der Waals surface area contributed by atoms with Crippen LogP contribution in [0.1, 0.15) is 16.8 Å². The first-order chi connectivity index (χ1) is 15.6. The topological polar surface area (TPSA) is 95.0 Å². The first kappa shape index (κ1) is 22.0. The fourth-order valence-electron chi connectivity index (χ4n) is 4.03. The van der Waals surface area contributed by atoms with E-state index in [0.717, 1.165) is 13.1 Å². The Morgan fingerprint density at radius 1 is 1.03 bits per heavy atom. The van der Waals surface area contributed by atoms with E-state index in [9.17, 15) is 14.7 Å². The summed E-state index contributed by atoms with van der Waals surface area (Å²) in [6.45, 7) is 2.65. The molecule has 3 atom stereocenters. The fraction of sp³-hybridized carbons (Fsp3) is 0.375. The minimum Gasteiger partial charge on any atom is -0.394 e. The minimum atomic E-state index is -0.612. The molecule has 1 fully saturated rings. The maximum absolute atomic E-state index is 12.8. The number of rotatable bonds is 6. The maximum atomic E-state index is 12.8. The number of aliphatic hydroxyl groups is 1. The number of piperazine rings is 1. The van der Waals surface area contributed by atoms with Crippen molar-refractivity contribution in [2.24, 2.45) is 0 Å². The Kier molecular flexibility index (Phi) is 7.14. The van der Waals surface area contributed by atoms with Crippen molar-refractivity contribution in [3.05, 3.63) is 72.6 Å². The third-order valence-corrected chi connectivity index (χ3v) is 5.83. The number of benzene rings is 1. The van der Waals surface area contributed by atoms with Crippen molar-refractivity contribution >= 4 is 17.5 Å². The summed E-state index contributed by atoms with van der Waals surface area (Å²) in [4.78, 5) is 33.2. The molecule has 1 aromatic heterocycles. The Balaban J connectivity index is 1.29. The van der Waals surface area contributed by atoms with Gasteiger partial charge in [-0.05, 0) is 24.3 Å². The highest BCUT2D eigenvalue weighted by molar-refractivity contribution is 5.94. The molecule has 0 radical (unpaired) electrons. The summed E-state index contributed by atoms with van der Waals surface area (Å²) < 4.78 is 5.92. The third kappa shape index (κ3) is 5.33. The fourth-order valence-corrected chi connectivity index (χ4v) is 4.03. The van der Waals surface area contributed by atoms with Crippen LogP contribution in [0.15, 0.2) is 67.0 Å². The molecule has 0 unspecified atom stereocenters. The number of para-hydroxylation sites is 1. The molecule has 1 aromatic carbocycles. The standard InChI is InChI=1S/C24H28N4O4/c29-17-22-21(26-24(31)18-8-10-25-11-9-18)7-6-20(32-22)16-23(30)28-14-12-27(13-15-28)19-4-2-1-3-5-19/h1-11,20-22,29H,12-17H2,(H,26,31)/t20-,21-,22+/m0/s1. The summed E-state index contributed by atoms with van der Waals surface area (Å²) in [6.07, 6.45) is 5.86. The molecule has 0 bridgehead atoms. The molecule has 8 nitrogen and oxygen atoms in total. The molecular formula is C24H28N4O4. The van der Waals surface area contributed by atoms with Gasteiger partial charge in [0.05, 0.1) is 25.2 Å². The number of aliphatic hydroxyl groups excluding tert-OH is 1. The van der Waals surface area contributed by atoms with E-state index in [1.165, 1.54) is 5.69 Å². The van der Waals surface area contributed by atoms with Gasteiger partial charge in [0.25, 0.3) is 5.91 Å². The number of aromatic nitrogens is 1. The van der Waals surface area contributed by atoms with Crippen LogP contribution < -0.4 is 10.2 Å². The van der Waals surface area contributed by atoms with E-state index in [1.807, 2.05) is 23.1 Å². The Bertz CT molecular complexity index is 930. The summed E-state index contributed by atoms with van der Waals surface area (Å²) >= 11 is 0. The number of carbonyl (C=O) groups excluding carboxylic acids is 2. The van der Waals surface area contributed by atoms with Crippen LogP contribution in [0, 0.1) is 0 Å². The highest BCUT2D eigenvalue weighted by Crippen LogP contribution is 2.19. The molecule has 168 valence electrons. The van der Waals surface area contributed by atoms with E-state index in [4.69, 9.17) is 4.74 Å². The van der Waals surface area contributed by atoms with E-state index in [-0.39, 0.29) is 24.8 Å². The van der Waals surface area contributed by atoms with Crippen molar-refractivity contribution < 1.29 is 19.4 Å². The number of pyridine rings is 1. The molecule has 2 aliphatic rings. The second kappa shape index (κ2) is 10.4. The molecule has 2 N–H and O–H groups in total. The molecule has 2 aromatic rings. The van der Waals surface area contributed by atoms with Crippen molar-refractivity contribution in [2.45, 2.75) is 24.7 Å². The number of carbonyl (C=O) groups is 2. The zero-order valence-electron chi connectivity index (χ0n) is 17.8. The molecule has 1 saturated heterocycles. The molecular weight excluding hydrogens is 408 g/mol. The summed E-state index contributed by atoms with van der Waals surface area (Å²) in [5.74, 6) is -0.238. The van der Waals surface area contributed by atoms with Gasteiger partial charge in [0.2, 0.25) is 5.91 Å². The maximum Gasteiger partial charge on any atom is 0.251 e. The van der Waals surface area contributed by atoms with Crippen LogP contribution in [-0.2, 0) is 9.53 Å². The second-order valence-corrected chi connectivity index (χ2v) is 7.92. The van der Waals surface area contributed by atoms with Crippen molar-refractivity contribution in [1.29, 1.82) is 0 Å². The number of nitrogens with one attached hydrogen (secondary N) is 1. The number of amides is 2. The number of hydrogen-bond acceptors (Lipinski definition) is 6. The van der Waals surface area contributed by atoms with Gasteiger partial charge >= 0.3 is 0 Å². The van der Waals surface area contributed by atoms with Crippen molar-refractivity contribution in [1.82, 2.24) is 15.2 Å². The average Bonchev–Trinajstić information content (AvgIpc) is 2.86. The SMILES string of the molecule is O=C(N[C@H]1C=C[C@@H](CC(=O)N2CCN(c3ccccc3)CC2)O[C@@H]1CO)c1ccncc1. The van der Waals surface area contributed by atoms with Crippen LogP contribution in [0.2, 0.25) is 0 Å². The van der Waals surface area contributed by atoms with Gasteiger partial charge in [0.15, 0.2) is 0 Å². The smallest absolute Gasteiger partial charge is 0.251 e. The summed E-state index contributed by atoms with van der Waals surface area (Å²) in [5.41, 5.74) is 1.65. The molecule has 4 rings (SSSR count). The largest absolute Gasteiger partial charge is 0.394 e. The van der Waals surface area contributed by atoms with Crippen LogP contribution in [0.4, 0.5) is 5.69 Å². The van der Waals surface area contributed by atoms with E-state index in [1.54, 1.807) is 36.7 Å². The van der Waals surface area contributed by atoms with Crippen LogP contribution in [0.25, 0.3) is 0 Å². The zero-order chi connectivity index (χ0) is 22.3. The highest BCUT2D eigenvalue weighted by Gasteiger charge is 2.31. The lowest BCUT2D eigenvalue weighted by atomic mass is 10.0. The lowest BCUT2D eigenvalue weighted by molar-refractivity contribution is -0.135. The minimum absolute atomic E-state index is 0.0309. The second-order valence-electron chi connectivity index (χ2n) is 7.92. The van der Waals surface area contributed by atoms with Gasteiger partial charge < -0.3 is 25.0 Å². The summed E-state index contributed by atoms with van der Waals surface area (Å²) in [6, 6.07) is 13.0. The molecule has 0 spiro atoms. The van der Waals surface area contributed by atoms with E-state index >= 15 is 0 Å². The van der Waals surface area contributed by atoms with Gasteiger partial charge in [-0.25, -0.2) is 0 Å². The normalized spacial score (nSPS) is 23.1. The molecule has 2 aliphatic heterocycles. The van der Waals surface area contributed by atoms with Crippen molar-refractivity contribution in [2.75, 3.05) is 37.7 Å². The lowest BCUT2D eigenvalue weighted by Crippen LogP contribution is -2.51. The van der Waals surface area contributed by atoms with Gasteiger partial charge in [-0.15, -0.1) is 0 Å². The molecule has 0 aliphatic carbocycles. The number of anilines is 1. The van der Waals surface area contributed by atoms with Gasteiger partial charge in [0.1, 0.15) is 6.10 Å². The highest BCUT2D eigenvalue weighted by atomic mass is 16.5. The lowest BCUT2D eigenvalue weighted by Gasteiger charge is -2.37. The third-order valence-electron chi connectivity index (χ3n) is 5.83. The summed E-state index contributed by atoms with van der Waals surface area (Å²) in [7, 11) is 0. The molecule has 32 heavy (non-hydrogen) atoms. The first-order valence-electron chi connectivity index (χ1n) is 10.9. The van der Waals surface area contributed by atoms with Crippen molar-refractivity contribution in [3.8, 4) is 0 Å². The van der Waals surface area contributed by atoms with Gasteiger partial charge in [-0.1, -0.05) is 30.4 Å². The number of hydrogen-bond donors (Lipinski definition) is 2. The predicted octanol–water partition coefficient (Wildman–Crippen LogP) is 1.23. The van der Waals surface area contributed by atoms with E-state index < -0.39 is 18.2 Å². The van der Waals surface area contributed by atoms with Crippen molar-refractivity contribution in [3.63, 3.8) is 0 Å². The van der Waals surface area contributed by atoms with Crippen LogP contribution in [-0.4, -0.2) is 77.8 Å². The average molecular weight is 437 g/mol. The van der Waals surface area contributed by atoms with Crippen LogP contribution in [0.3, 0.4) is 0 Å². The van der Waals surface area contributed by atoms with E-state index in [0.29, 0.717) is 18.7 Å². The number of ether oxygens (including phenoxy) is 1. The predicted molar refractivity (Wildman–Crippen MR) is 120 cm³/mol. The van der Waals surface area contributed by atoms with Gasteiger partial charge in [-0.2, -0.15) is 0 Å². The Morgan fingerprint density at radius 2 is 1.75 bits per heavy atom.